The summed E-state index contributed by atoms with van der Waals surface area (Å²) in [6, 6.07) is 11.3. The van der Waals surface area contributed by atoms with Gasteiger partial charge in [-0.2, -0.15) is 5.10 Å². The number of halogens is 1. The van der Waals surface area contributed by atoms with Crippen LogP contribution >= 0.6 is 11.6 Å². The highest BCUT2D eigenvalue weighted by atomic mass is 35.5. The standard InChI is InChI=1S/C20H21ClN4O2/c1-13-8-17(21)5-7-18(13)27-12-16-9-15(4-6-19(16)26-3)10-23-25-11-14(2)24-20(25)22/h4-11H,12H2,1-3H3,(H2,22,24). The van der Waals surface area contributed by atoms with E-state index in [1.54, 1.807) is 19.5 Å². The zero-order valence-electron chi connectivity index (χ0n) is 15.4. The fourth-order valence-electron chi connectivity index (χ4n) is 2.65. The summed E-state index contributed by atoms with van der Waals surface area (Å²) in [6.45, 7) is 4.18. The van der Waals surface area contributed by atoms with E-state index in [1.165, 1.54) is 4.68 Å². The summed E-state index contributed by atoms with van der Waals surface area (Å²) in [4.78, 5) is 4.12. The van der Waals surface area contributed by atoms with E-state index in [0.717, 1.165) is 33.9 Å². The first-order valence-corrected chi connectivity index (χ1v) is 8.75. The molecule has 2 aromatic carbocycles. The molecule has 0 aliphatic rings. The summed E-state index contributed by atoms with van der Waals surface area (Å²) >= 11 is 6.00. The van der Waals surface area contributed by atoms with Crippen molar-refractivity contribution in [2.45, 2.75) is 20.5 Å². The molecule has 0 amide bonds. The third-order valence-electron chi connectivity index (χ3n) is 3.99. The van der Waals surface area contributed by atoms with Crippen LogP contribution in [0.25, 0.3) is 0 Å². The van der Waals surface area contributed by atoms with E-state index in [1.807, 2.05) is 50.2 Å². The van der Waals surface area contributed by atoms with Crippen molar-refractivity contribution in [3.8, 4) is 11.5 Å². The van der Waals surface area contributed by atoms with Gasteiger partial charge in [-0.15, -0.1) is 0 Å². The maximum absolute atomic E-state index is 6.00. The van der Waals surface area contributed by atoms with Gasteiger partial charge in [0.15, 0.2) is 0 Å². The monoisotopic (exact) mass is 384 g/mol. The largest absolute Gasteiger partial charge is 0.496 e. The van der Waals surface area contributed by atoms with Gasteiger partial charge in [0.25, 0.3) is 0 Å². The number of anilines is 1. The Hall–Kier alpha value is -2.99. The fraction of sp³-hybridized carbons (Fsp3) is 0.200. The highest BCUT2D eigenvalue weighted by Crippen LogP contribution is 2.25. The van der Waals surface area contributed by atoms with E-state index in [2.05, 4.69) is 10.1 Å². The maximum atomic E-state index is 6.00. The van der Waals surface area contributed by atoms with E-state index < -0.39 is 0 Å². The lowest BCUT2D eigenvalue weighted by atomic mass is 10.1. The number of rotatable bonds is 6. The molecule has 0 spiro atoms. The number of nitrogens with two attached hydrogens (primary N) is 1. The zero-order chi connectivity index (χ0) is 19.4. The van der Waals surface area contributed by atoms with Gasteiger partial charge in [0.05, 0.1) is 25.2 Å². The number of nitrogen functional groups attached to an aromatic ring is 1. The van der Waals surface area contributed by atoms with Crippen LogP contribution < -0.4 is 15.2 Å². The Bertz CT molecular complexity index is 982. The lowest BCUT2D eigenvalue weighted by Crippen LogP contribution is -2.01. The molecule has 1 aromatic heterocycles. The molecule has 0 atom stereocenters. The smallest absolute Gasteiger partial charge is 0.221 e. The van der Waals surface area contributed by atoms with Crippen molar-refractivity contribution in [2.75, 3.05) is 12.8 Å². The summed E-state index contributed by atoms with van der Waals surface area (Å²) < 4.78 is 12.9. The van der Waals surface area contributed by atoms with Gasteiger partial charge in [0, 0.05) is 10.6 Å². The van der Waals surface area contributed by atoms with Crippen LogP contribution in [0.2, 0.25) is 5.02 Å². The van der Waals surface area contributed by atoms with Crippen molar-refractivity contribution in [2.24, 2.45) is 5.10 Å². The molecule has 0 saturated carbocycles. The van der Waals surface area contributed by atoms with Crippen molar-refractivity contribution in [1.82, 2.24) is 9.66 Å². The maximum Gasteiger partial charge on any atom is 0.221 e. The molecule has 2 N–H and O–H groups in total. The fourth-order valence-corrected chi connectivity index (χ4v) is 2.87. The summed E-state index contributed by atoms with van der Waals surface area (Å²) in [7, 11) is 1.63. The minimum absolute atomic E-state index is 0.346. The average molecular weight is 385 g/mol. The number of aromatic nitrogens is 2. The first-order chi connectivity index (χ1) is 13.0. The molecule has 6 nitrogen and oxygen atoms in total. The molecular formula is C20H21ClN4O2. The quantitative estimate of drug-likeness (QED) is 0.646. The summed E-state index contributed by atoms with van der Waals surface area (Å²) in [6.07, 6.45) is 3.48. The molecule has 0 radical (unpaired) electrons. The van der Waals surface area contributed by atoms with Gasteiger partial charge in [-0.05, 0) is 61.4 Å². The number of aryl methyl sites for hydroxylation is 2. The molecule has 0 aliphatic heterocycles. The van der Waals surface area contributed by atoms with Gasteiger partial charge in [-0.25, -0.2) is 9.66 Å². The van der Waals surface area contributed by atoms with Crippen LogP contribution in [0, 0.1) is 13.8 Å². The Balaban J connectivity index is 1.79. The highest BCUT2D eigenvalue weighted by Gasteiger charge is 2.07. The predicted octanol–water partition coefficient (Wildman–Crippen LogP) is 4.21. The number of methoxy groups -OCH3 is 1. The van der Waals surface area contributed by atoms with Crippen molar-refractivity contribution in [3.63, 3.8) is 0 Å². The average Bonchev–Trinajstić information content (AvgIpc) is 2.96. The van der Waals surface area contributed by atoms with Crippen molar-refractivity contribution >= 4 is 23.8 Å². The third-order valence-corrected chi connectivity index (χ3v) is 4.23. The normalized spacial score (nSPS) is 11.1. The molecule has 3 aromatic rings. The van der Waals surface area contributed by atoms with Crippen LogP contribution in [0.1, 0.15) is 22.4 Å². The Morgan fingerprint density at radius 1 is 1.19 bits per heavy atom. The number of hydrogen-bond donors (Lipinski definition) is 1. The molecule has 3 rings (SSSR count). The molecule has 140 valence electrons. The molecule has 0 unspecified atom stereocenters. The van der Waals surface area contributed by atoms with Crippen molar-refractivity contribution < 1.29 is 9.47 Å². The molecule has 1 heterocycles. The Labute approximate surface area is 163 Å². The van der Waals surface area contributed by atoms with Gasteiger partial charge < -0.3 is 15.2 Å². The molecule has 27 heavy (non-hydrogen) atoms. The van der Waals surface area contributed by atoms with E-state index in [0.29, 0.717) is 17.6 Å². The van der Waals surface area contributed by atoms with Gasteiger partial charge in [0.2, 0.25) is 5.95 Å². The van der Waals surface area contributed by atoms with Crippen molar-refractivity contribution in [3.05, 3.63) is 70.0 Å². The SMILES string of the molecule is COc1ccc(C=Nn2cc(C)nc2N)cc1COc1ccc(Cl)cc1C. The molecule has 7 heteroatoms. The van der Waals surface area contributed by atoms with Crippen LogP contribution in [-0.4, -0.2) is 23.0 Å². The molecule has 0 saturated heterocycles. The van der Waals surface area contributed by atoms with Gasteiger partial charge in [0.1, 0.15) is 18.1 Å². The second-order valence-corrected chi connectivity index (χ2v) is 6.54. The minimum atomic E-state index is 0.346. The molecule has 0 aliphatic carbocycles. The number of ether oxygens (including phenoxy) is 2. The second kappa shape index (κ2) is 8.14. The van der Waals surface area contributed by atoms with Gasteiger partial charge >= 0.3 is 0 Å². The van der Waals surface area contributed by atoms with Crippen LogP contribution in [-0.2, 0) is 6.61 Å². The number of nitrogens with zero attached hydrogens (tertiary/aromatic N) is 3. The first kappa shape index (κ1) is 18.8. The van der Waals surface area contributed by atoms with Crippen LogP contribution in [0.3, 0.4) is 0 Å². The number of imidazole rings is 1. The van der Waals surface area contributed by atoms with Crippen LogP contribution in [0.5, 0.6) is 11.5 Å². The van der Waals surface area contributed by atoms with E-state index in [9.17, 15) is 0 Å². The van der Waals surface area contributed by atoms with E-state index in [-0.39, 0.29) is 0 Å². The first-order valence-electron chi connectivity index (χ1n) is 8.38. The van der Waals surface area contributed by atoms with E-state index >= 15 is 0 Å². The third kappa shape index (κ3) is 4.60. The predicted molar refractivity (Wildman–Crippen MR) is 108 cm³/mol. The second-order valence-electron chi connectivity index (χ2n) is 6.10. The number of hydrogen-bond acceptors (Lipinski definition) is 5. The van der Waals surface area contributed by atoms with Crippen molar-refractivity contribution in [1.29, 1.82) is 0 Å². The molecule has 0 fully saturated rings. The molecular weight excluding hydrogens is 364 g/mol. The van der Waals surface area contributed by atoms with E-state index in [4.69, 9.17) is 26.8 Å². The zero-order valence-corrected chi connectivity index (χ0v) is 16.2. The van der Waals surface area contributed by atoms with Crippen LogP contribution in [0.4, 0.5) is 5.95 Å². The Morgan fingerprint density at radius 3 is 2.63 bits per heavy atom. The lowest BCUT2D eigenvalue weighted by molar-refractivity contribution is 0.295. The van der Waals surface area contributed by atoms with Crippen LogP contribution in [0.15, 0.2) is 47.7 Å². The minimum Gasteiger partial charge on any atom is -0.496 e. The lowest BCUT2D eigenvalue weighted by Gasteiger charge is -2.13. The molecule has 0 bridgehead atoms. The van der Waals surface area contributed by atoms with Gasteiger partial charge in [-0.1, -0.05) is 11.6 Å². The Morgan fingerprint density at radius 2 is 1.96 bits per heavy atom. The summed E-state index contributed by atoms with van der Waals surface area (Å²) in [5.41, 5.74) is 9.40. The summed E-state index contributed by atoms with van der Waals surface area (Å²) in [5, 5.41) is 5.03. The van der Waals surface area contributed by atoms with Gasteiger partial charge in [-0.3, -0.25) is 0 Å². The summed E-state index contributed by atoms with van der Waals surface area (Å²) in [5.74, 6) is 1.87. The highest BCUT2D eigenvalue weighted by molar-refractivity contribution is 6.30. The topological polar surface area (TPSA) is 74.7 Å². The number of benzene rings is 2. The Kier molecular flexibility index (Phi) is 5.66.